The number of ether oxygens (including phenoxy) is 2. The molecule has 1 heterocycles. The first-order valence-corrected chi connectivity index (χ1v) is 8.64. The van der Waals surface area contributed by atoms with Crippen LogP contribution in [0.2, 0.25) is 0 Å². The second-order valence-corrected chi connectivity index (χ2v) is 6.41. The molecule has 1 aliphatic heterocycles. The van der Waals surface area contributed by atoms with Gasteiger partial charge in [-0.3, -0.25) is 14.5 Å². The molecule has 0 fully saturated rings. The van der Waals surface area contributed by atoms with E-state index < -0.39 is 11.9 Å². The van der Waals surface area contributed by atoms with Gasteiger partial charge in [0, 0.05) is 12.6 Å². The average Bonchev–Trinajstić information content (AvgIpc) is 2.67. The average molecular weight is 369 g/mol. The van der Waals surface area contributed by atoms with E-state index in [0.717, 1.165) is 11.1 Å². The topological polar surface area (TPSA) is 93.9 Å². The zero-order valence-corrected chi connectivity index (χ0v) is 15.4. The van der Waals surface area contributed by atoms with Crippen LogP contribution in [-0.4, -0.2) is 43.5 Å². The summed E-state index contributed by atoms with van der Waals surface area (Å²) in [6.45, 7) is 0.536. The van der Waals surface area contributed by atoms with Crippen molar-refractivity contribution in [3.05, 3.63) is 53.6 Å². The van der Waals surface area contributed by atoms with Gasteiger partial charge in [0.05, 0.1) is 32.5 Å². The van der Waals surface area contributed by atoms with Gasteiger partial charge >= 0.3 is 0 Å². The molecule has 7 nitrogen and oxygen atoms in total. The summed E-state index contributed by atoms with van der Waals surface area (Å²) in [5, 5.41) is 2.83. The Labute approximate surface area is 158 Å². The van der Waals surface area contributed by atoms with E-state index in [-0.39, 0.29) is 12.5 Å². The summed E-state index contributed by atoms with van der Waals surface area (Å²) in [6, 6.07) is 12.5. The number of benzene rings is 2. The monoisotopic (exact) mass is 369 g/mol. The number of primary amides is 1. The molecular formula is C20H23N3O4. The Bertz CT molecular complexity index is 853. The van der Waals surface area contributed by atoms with Gasteiger partial charge in [-0.15, -0.1) is 0 Å². The van der Waals surface area contributed by atoms with E-state index in [2.05, 4.69) is 5.32 Å². The number of amides is 2. The first kappa shape index (κ1) is 18.7. The Morgan fingerprint density at radius 1 is 1.15 bits per heavy atom. The van der Waals surface area contributed by atoms with Crippen molar-refractivity contribution >= 4 is 17.5 Å². The number of anilines is 1. The van der Waals surface area contributed by atoms with Crippen molar-refractivity contribution < 1.29 is 19.1 Å². The number of methoxy groups -OCH3 is 2. The van der Waals surface area contributed by atoms with E-state index >= 15 is 0 Å². The van der Waals surface area contributed by atoms with Crippen LogP contribution < -0.4 is 20.5 Å². The molecule has 3 rings (SSSR count). The van der Waals surface area contributed by atoms with Crippen LogP contribution in [0.25, 0.3) is 0 Å². The molecule has 1 unspecified atom stereocenters. The van der Waals surface area contributed by atoms with Crippen molar-refractivity contribution in [3.8, 4) is 11.5 Å². The van der Waals surface area contributed by atoms with Crippen molar-refractivity contribution in [2.24, 2.45) is 5.73 Å². The molecular weight excluding hydrogens is 346 g/mol. The van der Waals surface area contributed by atoms with Gasteiger partial charge in [-0.25, -0.2) is 0 Å². The van der Waals surface area contributed by atoms with Gasteiger partial charge < -0.3 is 20.5 Å². The maximum Gasteiger partial charge on any atom is 0.238 e. The zero-order chi connectivity index (χ0) is 19.4. The molecule has 2 amide bonds. The van der Waals surface area contributed by atoms with E-state index in [9.17, 15) is 9.59 Å². The van der Waals surface area contributed by atoms with Crippen molar-refractivity contribution in [3.63, 3.8) is 0 Å². The molecule has 0 radical (unpaired) electrons. The minimum absolute atomic E-state index is 0.0440. The molecule has 0 saturated heterocycles. The second kappa shape index (κ2) is 8.09. The van der Waals surface area contributed by atoms with Gasteiger partial charge in [-0.05, 0) is 29.7 Å². The van der Waals surface area contributed by atoms with Gasteiger partial charge in [0.15, 0.2) is 0 Å². The molecule has 2 aromatic carbocycles. The standard InChI is InChI=1S/C20H23N3O4/c1-26-15-7-8-18(27-2)16(10-15)22-19(24)12-23-11-14-6-4-3-5-13(14)9-17(23)20(21)25/h3-8,10,17H,9,11-12H2,1-2H3,(H2,21,25)(H,22,24). The van der Waals surface area contributed by atoms with Gasteiger partial charge in [0.2, 0.25) is 11.8 Å². The normalized spacial score (nSPS) is 16.3. The van der Waals surface area contributed by atoms with E-state index in [1.807, 2.05) is 24.3 Å². The molecule has 2 aromatic rings. The second-order valence-electron chi connectivity index (χ2n) is 6.41. The SMILES string of the molecule is COc1ccc(OC)c(NC(=O)CN2Cc3ccccc3CC2C(N)=O)c1. The molecule has 0 aromatic heterocycles. The van der Waals surface area contributed by atoms with Gasteiger partial charge in [0.25, 0.3) is 0 Å². The number of nitrogens with one attached hydrogen (secondary N) is 1. The van der Waals surface area contributed by atoms with Crippen molar-refractivity contribution in [2.45, 2.75) is 19.0 Å². The van der Waals surface area contributed by atoms with Crippen LogP contribution in [0.1, 0.15) is 11.1 Å². The third kappa shape index (κ3) is 4.20. The van der Waals surface area contributed by atoms with Crippen LogP contribution >= 0.6 is 0 Å². The highest BCUT2D eigenvalue weighted by atomic mass is 16.5. The fraction of sp³-hybridized carbons (Fsp3) is 0.300. The Morgan fingerprint density at radius 3 is 2.56 bits per heavy atom. The number of nitrogens with two attached hydrogens (primary N) is 1. The Kier molecular flexibility index (Phi) is 5.61. The van der Waals surface area contributed by atoms with Crippen LogP contribution in [0.5, 0.6) is 11.5 Å². The number of carbonyl (C=O) groups excluding carboxylic acids is 2. The van der Waals surface area contributed by atoms with Crippen LogP contribution in [0.3, 0.4) is 0 Å². The van der Waals surface area contributed by atoms with Crippen molar-refractivity contribution in [1.82, 2.24) is 4.90 Å². The third-order valence-electron chi connectivity index (χ3n) is 4.70. The van der Waals surface area contributed by atoms with Crippen LogP contribution in [0, 0.1) is 0 Å². The predicted molar refractivity (Wildman–Crippen MR) is 102 cm³/mol. The molecule has 27 heavy (non-hydrogen) atoms. The summed E-state index contributed by atoms with van der Waals surface area (Å²) in [5.74, 6) is 0.441. The lowest BCUT2D eigenvalue weighted by Crippen LogP contribution is -2.50. The van der Waals surface area contributed by atoms with Crippen LogP contribution in [0.15, 0.2) is 42.5 Å². The largest absolute Gasteiger partial charge is 0.497 e. The van der Waals surface area contributed by atoms with Gasteiger partial charge in [-0.1, -0.05) is 24.3 Å². The van der Waals surface area contributed by atoms with E-state index in [4.69, 9.17) is 15.2 Å². The van der Waals surface area contributed by atoms with E-state index in [0.29, 0.717) is 30.2 Å². The van der Waals surface area contributed by atoms with Crippen molar-refractivity contribution in [1.29, 1.82) is 0 Å². The maximum absolute atomic E-state index is 12.6. The number of carbonyl (C=O) groups is 2. The zero-order valence-electron chi connectivity index (χ0n) is 15.4. The number of hydrogen-bond donors (Lipinski definition) is 2. The molecule has 3 N–H and O–H groups in total. The van der Waals surface area contributed by atoms with Crippen LogP contribution in [-0.2, 0) is 22.6 Å². The van der Waals surface area contributed by atoms with E-state index in [1.165, 1.54) is 7.11 Å². The minimum Gasteiger partial charge on any atom is -0.497 e. The molecule has 0 aliphatic carbocycles. The summed E-state index contributed by atoms with van der Waals surface area (Å²) in [5.41, 5.74) is 8.28. The number of fused-ring (bicyclic) bond motifs is 1. The maximum atomic E-state index is 12.6. The highest BCUT2D eigenvalue weighted by Crippen LogP contribution is 2.29. The molecule has 142 valence electrons. The quantitative estimate of drug-likeness (QED) is 0.806. The fourth-order valence-electron chi connectivity index (χ4n) is 3.31. The predicted octanol–water partition coefficient (Wildman–Crippen LogP) is 1.55. The molecule has 1 aliphatic rings. The number of hydrogen-bond acceptors (Lipinski definition) is 5. The lowest BCUT2D eigenvalue weighted by atomic mass is 9.93. The number of rotatable bonds is 6. The lowest BCUT2D eigenvalue weighted by Gasteiger charge is -2.34. The highest BCUT2D eigenvalue weighted by molar-refractivity contribution is 5.94. The molecule has 0 saturated carbocycles. The Morgan fingerprint density at radius 2 is 1.89 bits per heavy atom. The van der Waals surface area contributed by atoms with Crippen molar-refractivity contribution in [2.75, 3.05) is 26.1 Å². The summed E-state index contributed by atoms with van der Waals surface area (Å²) < 4.78 is 10.5. The van der Waals surface area contributed by atoms with E-state index in [1.54, 1.807) is 30.2 Å². The smallest absolute Gasteiger partial charge is 0.238 e. The summed E-state index contributed by atoms with van der Waals surface area (Å²) in [6.07, 6.45) is 0.501. The summed E-state index contributed by atoms with van der Waals surface area (Å²) in [7, 11) is 3.08. The van der Waals surface area contributed by atoms with Crippen LogP contribution in [0.4, 0.5) is 5.69 Å². The minimum atomic E-state index is -0.516. The first-order valence-electron chi connectivity index (χ1n) is 8.64. The highest BCUT2D eigenvalue weighted by Gasteiger charge is 2.31. The molecule has 1 atom stereocenters. The molecule has 0 bridgehead atoms. The number of nitrogens with zero attached hydrogens (tertiary/aromatic N) is 1. The molecule has 7 heteroatoms. The Balaban J connectivity index is 1.76. The summed E-state index contributed by atoms with van der Waals surface area (Å²) in [4.78, 5) is 26.3. The third-order valence-corrected chi connectivity index (χ3v) is 4.70. The first-order chi connectivity index (χ1) is 13.0. The van der Waals surface area contributed by atoms with Gasteiger partial charge in [0.1, 0.15) is 11.5 Å². The summed E-state index contributed by atoms with van der Waals surface area (Å²) >= 11 is 0. The Hall–Kier alpha value is -3.06. The lowest BCUT2D eigenvalue weighted by molar-refractivity contribution is -0.125. The fourth-order valence-corrected chi connectivity index (χ4v) is 3.31. The van der Waals surface area contributed by atoms with Gasteiger partial charge in [-0.2, -0.15) is 0 Å². The molecule has 0 spiro atoms.